The molecular weight excluding hydrogens is 435 g/mol. The Hall–Kier alpha value is -3.35. The number of hydrogen-bond donors (Lipinski definition) is 0. The van der Waals surface area contributed by atoms with E-state index >= 15 is 0 Å². The maximum atomic E-state index is 5.93. The molecule has 1 heterocycles. The molecule has 0 saturated carbocycles. The predicted octanol–water partition coefficient (Wildman–Crippen LogP) is 6.00. The fraction of sp³-hybridized carbons (Fsp3) is 0.0870. The highest BCUT2D eigenvalue weighted by Crippen LogP contribution is 2.23. The first kappa shape index (κ1) is 20.9. The lowest BCUT2D eigenvalue weighted by molar-refractivity contribution is 0.130. The Morgan fingerprint density at radius 1 is 0.839 bits per heavy atom. The smallest absolute Gasteiger partial charge is 0.142 e. The molecule has 1 aromatic heterocycles. The van der Waals surface area contributed by atoms with Gasteiger partial charge in [-0.1, -0.05) is 40.5 Å². The summed E-state index contributed by atoms with van der Waals surface area (Å²) in [4.78, 5) is 9.59. The van der Waals surface area contributed by atoms with Crippen LogP contribution in [0.15, 0.2) is 90.6 Å². The van der Waals surface area contributed by atoms with Crippen LogP contribution in [0.5, 0.6) is 11.5 Å². The fourth-order valence-corrected chi connectivity index (χ4v) is 3.01. The zero-order valence-corrected chi connectivity index (χ0v) is 17.9. The van der Waals surface area contributed by atoms with E-state index in [0.29, 0.717) is 40.4 Å². The van der Waals surface area contributed by atoms with Crippen LogP contribution < -0.4 is 4.74 Å². The zero-order chi connectivity index (χ0) is 21.5. The Kier molecular flexibility index (Phi) is 6.82. The van der Waals surface area contributed by atoms with E-state index in [1.807, 2.05) is 60.7 Å². The largest absolute Gasteiger partial charge is 0.457 e. The summed E-state index contributed by atoms with van der Waals surface area (Å²) in [6.45, 7) is 0.744. The first-order valence-corrected chi connectivity index (χ1v) is 10.2. The minimum atomic E-state index is 0.329. The van der Waals surface area contributed by atoms with Gasteiger partial charge in [0.15, 0.2) is 0 Å². The number of hydrogen-bond acceptors (Lipinski definition) is 5. The SMILES string of the molecule is Clc1ccc(CO/N=C(/Cn2cncn2)c2ccc(Oc3ccc(Cl)cc3)cc2)cc1. The van der Waals surface area contributed by atoms with Crippen molar-refractivity contribution in [3.05, 3.63) is 107 Å². The quantitative estimate of drug-likeness (QED) is 0.243. The van der Waals surface area contributed by atoms with E-state index in [2.05, 4.69) is 15.2 Å². The maximum Gasteiger partial charge on any atom is 0.142 e. The molecule has 4 rings (SSSR count). The van der Waals surface area contributed by atoms with Gasteiger partial charge < -0.3 is 9.57 Å². The molecule has 0 saturated heterocycles. The fourth-order valence-electron chi connectivity index (χ4n) is 2.76. The third-order valence-corrected chi connectivity index (χ3v) is 4.84. The summed E-state index contributed by atoms with van der Waals surface area (Å²) >= 11 is 11.8. The van der Waals surface area contributed by atoms with E-state index in [4.69, 9.17) is 32.8 Å². The number of aromatic nitrogens is 3. The molecule has 8 heteroatoms. The molecule has 6 nitrogen and oxygen atoms in total. The van der Waals surface area contributed by atoms with Crippen molar-refractivity contribution in [2.24, 2.45) is 5.16 Å². The Morgan fingerprint density at radius 3 is 2.06 bits per heavy atom. The monoisotopic (exact) mass is 452 g/mol. The highest BCUT2D eigenvalue weighted by molar-refractivity contribution is 6.30. The molecule has 0 aliphatic heterocycles. The second-order valence-electron chi connectivity index (χ2n) is 6.61. The molecule has 4 aromatic rings. The molecule has 0 N–H and O–H groups in total. The van der Waals surface area contributed by atoms with Gasteiger partial charge in [0.2, 0.25) is 0 Å². The Morgan fingerprint density at radius 2 is 1.45 bits per heavy atom. The minimum absolute atomic E-state index is 0.329. The molecule has 0 unspecified atom stereocenters. The second kappa shape index (κ2) is 10.1. The van der Waals surface area contributed by atoms with Crippen LogP contribution in [0.3, 0.4) is 0 Å². The lowest BCUT2D eigenvalue weighted by atomic mass is 10.1. The normalized spacial score (nSPS) is 11.4. The molecule has 3 aromatic carbocycles. The van der Waals surface area contributed by atoms with Gasteiger partial charge in [-0.15, -0.1) is 0 Å². The van der Waals surface area contributed by atoms with Crippen LogP contribution in [0.25, 0.3) is 0 Å². The van der Waals surface area contributed by atoms with E-state index in [1.54, 1.807) is 23.1 Å². The van der Waals surface area contributed by atoms with Crippen molar-refractivity contribution in [3.63, 3.8) is 0 Å². The molecule has 0 aliphatic rings. The number of rotatable bonds is 8. The first-order valence-electron chi connectivity index (χ1n) is 9.45. The van der Waals surface area contributed by atoms with Gasteiger partial charge in [0, 0.05) is 15.6 Å². The molecule has 0 spiro atoms. The van der Waals surface area contributed by atoms with Crippen LogP contribution in [0.4, 0.5) is 0 Å². The Bertz CT molecular complexity index is 1130. The lowest BCUT2D eigenvalue weighted by Gasteiger charge is -2.10. The number of nitrogens with zero attached hydrogens (tertiary/aromatic N) is 4. The summed E-state index contributed by atoms with van der Waals surface area (Å²) < 4.78 is 7.54. The van der Waals surface area contributed by atoms with Crippen LogP contribution in [-0.2, 0) is 18.0 Å². The molecule has 0 aliphatic carbocycles. The van der Waals surface area contributed by atoms with Crippen LogP contribution in [0, 0.1) is 0 Å². The molecule has 0 radical (unpaired) electrons. The standard InChI is InChI=1S/C23H18Cl2N4O2/c24-19-5-1-17(2-6-19)14-30-28-23(13-29-16-26-15-27-29)18-3-9-21(10-4-18)31-22-11-7-20(25)8-12-22/h1-12,15-16H,13-14H2/b28-23-. The third-order valence-electron chi connectivity index (χ3n) is 4.33. The predicted molar refractivity (Wildman–Crippen MR) is 121 cm³/mol. The summed E-state index contributed by atoms with van der Waals surface area (Å²) in [7, 11) is 0. The molecule has 0 fully saturated rings. The van der Waals surface area contributed by atoms with Crippen molar-refractivity contribution in [2.75, 3.05) is 0 Å². The average Bonchev–Trinajstić information content (AvgIpc) is 3.30. The molecule has 0 bridgehead atoms. The van der Waals surface area contributed by atoms with Gasteiger partial charge in [-0.25, -0.2) is 9.67 Å². The van der Waals surface area contributed by atoms with E-state index in [-0.39, 0.29) is 0 Å². The summed E-state index contributed by atoms with van der Waals surface area (Å²) in [6, 6.07) is 22.2. The van der Waals surface area contributed by atoms with Gasteiger partial charge in [0.1, 0.15) is 36.5 Å². The van der Waals surface area contributed by atoms with E-state index in [1.165, 1.54) is 6.33 Å². The summed E-state index contributed by atoms with van der Waals surface area (Å²) in [5.41, 5.74) is 2.56. The van der Waals surface area contributed by atoms with Gasteiger partial charge in [0.05, 0.1) is 6.54 Å². The van der Waals surface area contributed by atoms with E-state index in [0.717, 1.165) is 11.1 Å². The van der Waals surface area contributed by atoms with Crippen molar-refractivity contribution >= 4 is 28.9 Å². The average molecular weight is 453 g/mol. The van der Waals surface area contributed by atoms with E-state index in [9.17, 15) is 0 Å². The number of oxime groups is 1. The van der Waals surface area contributed by atoms with E-state index < -0.39 is 0 Å². The zero-order valence-electron chi connectivity index (χ0n) is 16.4. The van der Waals surface area contributed by atoms with Gasteiger partial charge in [-0.3, -0.25) is 0 Å². The molecule has 0 amide bonds. The Balaban J connectivity index is 1.48. The van der Waals surface area contributed by atoms with Crippen LogP contribution >= 0.6 is 23.2 Å². The molecule has 0 atom stereocenters. The Labute approximate surface area is 189 Å². The summed E-state index contributed by atoms with van der Waals surface area (Å²) in [5.74, 6) is 1.41. The first-order chi connectivity index (χ1) is 15.2. The molecule has 31 heavy (non-hydrogen) atoms. The van der Waals surface area contributed by atoms with Gasteiger partial charge in [0.25, 0.3) is 0 Å². The van der Waals surface area contributed by atoms with Crippen LogP contribution in [0.1, 0.15) is 11.1 Å². The van der Waals surface area contributed by atoms with Crippen molar-refractivity contribution < 1.29 is 9.57 Å². The topological polar surface area (TPSA) is 61.5 Å². The third kappa shape index (κ3) is 6.07. The van der Waals surface area contributed by atoms with Crippen molar-refractivity contribution in [1.82, 2.24) is 14.8 Å². The van der Waals surface area contributed by atoms with Crippen molar-refractivity contribution in [2.45, 2.75) is 13.2 Å². The molecular formula is C23H18Cl2N4O2. The van der Waals surface area contributed by atoms with Crippen molar-refractivity contribution in [3.8, 4) is 11.5 Å². The van der Waals surface area contributed by atoms with Gasteiger partial charge >= 0.3 is 0 Å². The summed E-state index contributed by atoms with van der Waals surface area (Å²) in [6.07, 6.45) is 3.11. The lowest BCUT2D eigenvalue weighted by Crippen LogP contribution is -2.13. The second-order valence-corrected chi connectivity index (χ2v) is 7.48. The van der Waals surface area contributed by atoms with Gasteiger partial charge in [-0.2, -0.15) is 5.10 Å². The highest BCUT2D eigenvalue weighted by atomic mass is 35.5. The van der Waals surface area contributed by atoms with Gasteiger partial charge in [-0.05, 0) is 66.2 Å². The number of ether oxygens (including phenoxy) is 1. The summed E-state index contributed by atoms with van der Waals surface area (Å²) in [5, 5.41) is 9.85. The highest BCUT2D eigenvalue weighted by Gasteiger charge is 2.08. The maximum absolute atomic E-state index is 5.93. The number of benzene rings is 3. The van der Waals surface area contributed by atoms with Crippen molar-refractivity contribution in [1.29, 1.82) is 0 Å². The van der Waals surface area contributed by atoms with Crippen LogP contribution in [-0.4, -0.2) is 20.5 Å². The van der Waals surface area contributed by atoms with Crippen LogP contribution in [0.2, 0.25) is 10.0 Å². The minimum Gasteiger partial charge on any atom is -0.457 e. The molecule has 156 valence electrons. The number of halogens is 2.